The van der Waals surface area contributed by atoms with Gasteiger partial charge < -0.3 is 4.74 Å². The van der Waals surface area contributed by atoms with Gasteiger partial charge in [0, 0.05) is 0 Å². The minimum absolute atomic E-state index is 0.249. The van der Waals surface area contributed by atoms with E-state index in [0.717, 1.165) is 11.3 Å². The van der Waals surface area contributed by atoms with Crippen molar-refractivity contribution in [3.8, 4) is 5.75 Å². The Morgan fingerprint density at radius 3 is 2.43 bits per heavy atom. The highest BCUT2D eigenvalue weighted by atomic mass is 16.7. The first-order valence-corrected chi connectivity index (χ1v) is 6.41. The first kappa shape index (κ1) is 14.6. The number of nitrogens with one attached hydrogen (secondary N) is 1. The summed E-state index contributed by atoms with van der Waals surface area (Å²) in [6.07, 6.45) is 0. The fourth-order valence-electron chi connectivity index (χ4n) is 1.76. The minimum atomic E-state index is -0.491. The van der Waals surface area contributed by atoms with E-state index in [1.807, 2.05) is 13.0 Å². The fourth-order valence-corrected chi connectivity index (χ4v) is 1.76. The van der Waals surface area contributed by atoms with E-state index in [1.165, 1.54) is 0 Å². The Hall–Kier alpha value is -2.82. The molecule has 0 heterocycles. The van der Waals surface area contributed by atoms with Gasteiger partial charge in [-0.1, -0.05) is 22.9 Å². The first-order chi connectivity index (χ1) is 10.1. The maximum Gasteiger partial charge on any atom is 0.387 e. The van der Waals surface area contributed by atoms with Gasteiger partial charge in [-0.3, -0.25) is 10.6 Å². The minimum Gasteiger partial charge on any atom is -0.497 e. The van der Waals surface area contributed by atoms with Crippen molar-refractivity contribution in [2.45, 2.75) is 6.92 Å². The molecule has 0 aliphatic heterocycles. The molecule has 0 fully saturated rings. The Morgan fingerprint density at radius 2 is 1.81 bits per heavy atom. The van der Waals surface area contributed by atoms with Gasteiger partial charge in [0.15, 0.2) is 0 Å². The summed E-state index contributed by atoms with van der Waals surface area (Å²) in [4.78, 5) is 16.8. The number of hydrogen-bond donors (Lipinski definition) is 2. The van der Waals surface area contributed by atoms with Crippen molar-refractivity contribution in [1.82, 2.24) is 0 Å². The van der Waals surface area contributed by atoms with Crippen LogP contribution in [0, 0.1) is 6.92 Å². The highest BCUT2D eigenvalue weighted by Crippen LogP contribution is 2.10. The summed E-state index contributed by atoms with van der Waals surface area (Å²) in [5.41, 5.74) is 7.98. The largest absolute Gasteiger partial charge is 0.497 e. The quantitative estimate of drug-likeness (QED) is 0.372. The Labute approximate surface area is 123 Å². The van der Waals surface area contributed by atoms with Gasteiger partial charge in [0.1, 0.15) is 5.75 Å². The van der Waals surface area contributed by atoms with Gasteiger partial charge in [0.25, 0.3) is 0 Å². The van der Waals surface area contributed by atoms with Crippen LogP contribution in [0.25, 0.3) is 0 Å². The molecule has 0 bridgehead atoms. The maximum atomic E-state index is 11.9. The molecule has 0 aromatic heterocycles. The number of carbonyl (C=O) groups excluding carboxylic acids is 1. The van der Waals surface area contributed by atoms with Gasteiger partial charge in [-0.05, 0) is 43.3 Å². The molecule has 2 aromatic carbocycles. The van der Waals surface area contributed by atoms with Crippen LogP contribution in [0.15, 0.2) is 48.5 Å². The molecule has 2 rings (SSSR count). The average molecular weight is 285 g/mol. The molecule has 0 radical (unpaired) electrons. The second-order valence-corrected chi connectivity index (χ2v) is 4.50. The summed E-state index contributed by atoms with van der Waals surface area (Å²) in [5.74, 6) is 0.483. The number of hydrogen-bond acceptors (Lipinski definition) is 3. The van der Waals surface area contributed by atoms with Crippen molar-refractivity contribution in [1.29, 1.82) is 0 Å². The Kier molecular flexibility index (Phi) is 4.56. The van der Waals surface area contributed by atoms with Crippen LogP contribution in [0.1, 0.15) is 21.5 Å². The van der Waals surface area contributed by atoms with E-state index in [2.05, 4.69) is 5.16 Å². The number of nitrogens with two attached hydrogens (primary N) is 1. The van der Waals surface area contributed by atoms with Crippen LogP contribution >= 0.6 is 0 Å². The zero-order valence-electron chi connectivity index (χ0n) is 11.9. The van der Waals surface area contributed by atoms with Gasteiger partial charge in [0.2, 0.25) is 0 Å². The van der Waals surface area contributed by atoms with Crippen LogP contribution in [0.2, 0.25) is 0 Å². The van der Waals surface area contributed by atoms with E-state index in [1.54, 1.807) is 49.6 Å². The van der Waals surface area contributed by atoms with E-state index < -0.39 is 5.97 Å². The molecule has 5 nitrogen and oxygen atoms in total. The standard InChI is InChI=1S/C16H16N2O3/c1-11-4-3-5-13(10-11)16(19)21-18-15(17)12-6-8-14(20-2)9-7-12/h3-10H,1-2H3,(H2,17,18)/p+1. The molecule has 21 heavy (non-hydrogen) atoms. The molecule has 5 heteroatoms. The number of ether oxygens (including phenoxy) is 1. The summed E-state index contributed by atoms with van der Waals surface area (Å²) >= 11 is 0. The molecule has 0 unspecified atom stereocenters. The average Bonchev–Trinajstić information content (AvgIpc) is 2.52. The maximum absolute atomic E-state index is 11.9. The summed E-state index contributed by atoms with van der Waals surface area (Å²) in [5, 5.41) is 2.46. The number of carbonyl (C=O) groups is 1. The molecule has 0 saturated carbocycles. The normalized spacial score (nSPS) is 11.0. The third-order valence-corrected chi connectivity index (χ3v) is 2.91. The van der Waals surface area contributed by atoms with Crippen molar-refractivity contribution in [2.75, 3.05) is 7.11 Å². The van der Waals surface area contributed by atoms with Crippen molar-refractivity contribution in [2.24, 2.45) is 5.73 Å². The predicted octanol–water partition coefficient (Wildman–Crippen LogP) is 0.562. The summed E-state index contributed by atoms with van der Waals surface area (Å²) in [6.45, 7) is 1.90. The number of benzene rings is 2. The second-order valence-electron chi connectivity index (χ2n) is 4.50. The van der Waals surface area contributed by atoms with Crippen LogP contribution in [0.4, 0.5) is 0 Å². The zero-order valence-corrected chi connectivity index (χ0v) is 11.9. The van der Waals surface area contributed by atoms with Crippen LogP contribution in [-0.2, 0) is 4.84 Å². The Morgan fingerprint density at radius 1 is 1.10 bits per heavy atom. The summed E-state index contributed by atoms with van der Waals surface area (Å²) < 4.78 is 5.06. The lowest BCUT2D eigenvalue weighted by Gasteiger charge is -2.00. The molecule has 0 atom stereocenters. The molecule has 108 valence electrons. The number of methoxy groups -OCH3 is 1. The van der Waals surface area contributed by atoms with Crippen LogP contribution in [-0.4, -0.2) is 18.9 Å². The van der Waals surface area contributed by atoms with Crippen molar-refractivity contribution in [3.05, 3.63) is 65.2 Å². The number of nitrogen functional groups attached to an aromatic ring is 1. The number of aryl methyl sites for hydroxylation is 1. The van der Waals surface area contributed by atoms with E-state index in [9.17, 15) is 4.79 Å². The lowest BCUT2D eigenvalue weighted by Crippen LogP contribution is -2.75. The second kappa shape index (κ2) is 6.56. The summed E-state index contributed by atoms with van der Waals surface area (Å²) in [6, 6.07) is 14.2. The molecule has 0 saturated heterocycles. The monoisotopic (exact) mass is 285 g/mol. The topological polar surface area (TPSA) is 75.5 Å². The number of amidine groups is 1. The molecule has 0 aliphatic rings. The first-order valence-electron chi connectivity index (χ1n) is 6.41. The van der Waals surface area contributed by atoms with Crippen molar-refractivity contribution in [3.63, 3.8) is 0 Å². The Balaban J connectivity index is 2.07. The molecule has 0 amide bonds. The highest BCUT2D eigenvalue weighted by Gasteiger charge is 2.10. The predicted molar refractivity (Wildman–Crippen MR) is 78.8 cm³/mol. The SMILES string of the molecule is COc1ccc(C(N)=[NH+]OC(=O)c2cccc(C)c2)cc1. The summed E-state index contributed by atoms with van der Waals surface area (Å²) in [7, 11) is 1.59. The molecular formula is C16H17N2O3+. The molecule has 0 aliphatic carbocycles. The van der Waals surface area contributed by atoms with Gasteiger partial charge in [0.05, 0.1) is 18.2 Å². The van der Waals surface area contributed by atoms with Crippen molar-refractivity contribution >= 4 is 11.8 Å². The molecule has 3 N–H and O–H groups in total. The van der Waals surface area contributed by atoms with Crippen molar-refractivity contribution < 1.29 is 19.5 Å². The fraction of sp³-hybridized carbons (Fsp3) is 0.125. The van der Waals surface area contributed by atoms with Crippen LogP contribution in [0.5, 0.6) is 5.75 Å². The third-order valence-electron chi connectivity index (χ3n) is 2.91. The Bertz CT molecular complexity index is 663. The van der Waals surface area contributed by atoms with Gasteiger partial charge in [-0.15, -0.1) is 0 Å². The van der Waals surface area contributed by atoms with Crippen LogP contribution in [0.3, 0.4) is 0 Å². The zero-order chi connectivity index (χ0) is 15.2. The molecular weight excluding hydrogens is 268 g/mol. The van der Waals surface area contributed by atoms with E-state index >= 15 is 0 Å². The van der Waals surface area contributed by atoms with Gasteiger partial charge in [-0.25, -0.2) is 4.79 Å². The van der Waals surface area contributed by atoms with E-state index in [-0.39, 0.29) is 5.84 Å². The lowest BCUT2D eigenvalue weighted by atomic mass is 10.1. The lowest BCUT2D eigenvalue weighted by molar-refractivity contribution is -0.721. The smallest absolute Gasteiger partial charge is 0.387 e. The molecule has 2 aromatic rings. The van der Waals surface area contributed by atoms with Gasteiger partial charge in [-0.2, -0.15) is 0 Å². The highest BCUT2D eigenvalue weighted by molar-refractivity contribution is 5.93. The van der Waals surface area contributed by atoms with E-state index in [4.69, 9.17) is 15.3 Å². The van der Waals surface area contributed by atoms with E-state index in [0.29, 0.717) is 11.1 Å². The molecule has 0 spiro atoms. The number of rotatable bonds is 4. The van der Waals surface area contributed by atoms with Gasteiger partial charge >= 0.3 is 11.8 Å². The van der Waals surface area contributed by atoms with Crippen LogP contribution < -0.4 is 15.6 Å². The third kappa shape index (κ3) is 3.82.